The number of nitrogens with one attached hydrogen (secondary N) is 1. The number of rotatable bonds is 3. The van der Waals surface area contributed by atoms with Gasteiger partial charge in [0.1, 0.15) is 5.82 Å². The largest absolute Gasteiger partial charge is 0.368 e. The van der Waals surface area contributed by atoms with Crippen molar-refractivity contribution in [1.82, 2.24) is 10.2 Å². The number of anilines is 1. The van der Waals surface area contributed by atoms with Gasteiger partial charge in [0, 0.05) is 43.4 Å². The molecule has 26 heavy (non-hydrogen) atoms. The highest BCUT2D eigenvalue weighted by Gasteiger charge is 2.26. The summed E-state index contributed by atoms with van der Waals surface area (Å²) in [5.74, 6) is -1.46. The zero-order valence-electron chi connectivity index (χ0n) is 14.1. The molecule has 0 spiro atoms. The average molecular weight is 376 g/mol. The maximum atomic E-state index is 13.0. The summed E-state index contributed by atoms with van der Waals surface area (Å²) in [5, 5.41) is 3.17. The van der Waals surface area contributed by atoms with Gasteiger partial charge in [0.15, 0.2) is 0 Å². The highest BCUT2D eigenvalue weighted by Crippen LogP contribution is 2.17. The first kappa shape index (κ1) is 18.2. The second kappa shape index (κ2) is 8.19. The first-order valence-electron chi connectivity index (χ1n) is 8.35. The molecule has 0 radical (unpaired) electrons. The summed E-state index contributed by atoms with van der Waals surface area (Å²) in [5.41, 5.74) is 1.66. The predicted octanol–water partition coefficient (Wildman–Crippen LogP) is 2.44. The predicted molar refractivity (Wildman–Crippen MR) is 98.5 cm³/mol. The van der Waals surface area contributed by atoms with E-state index in [2.05, 4.69) is 10.2 Å². The summed E-state index contributed by atoms with van der Waals surface area (Å²) >= 11 is 6.04. The van der Waals surface area contributed by atoms with E-state index in [4.69, 9.17) is 11.6 Å². The smallest absolute Gasteiger partial charge is 0.312 e. The summed E-state index contributed by atoms with van der Waals surface area (Å²) in [6, 6.07) is 13.4. The van der Waals surface area contributed by atoms with Crippen molar-refractivity contribution in [3.63, 3.8) is 0 Å². The summed E-state index contributed by atoms with van der Waals surface area (Å²) in [4.78, 5) is 28.0. The number of carbonyl (C=O) groups excluding carboxylic acids is 2. The average Bonchev–Trinajstić information content (AvgIpc) is 2.67. The van der Waals surface area contributed by atoms with E-state index in [0.717, 1.165) is 11.3 Å². The van der Waals surface area contributed by atoms with Gasteiger partial charge in [-0.25, -0.2) is 4.39 Å². The minimum absolute atomic E-state index is 0.208. The number of halogens is 2. The van der Waals surface area contributed by atoms with Gasteiger partial charge in [-0.2, -0.15) is 0 Å². The Morgan fingerprint density at radius 2 is 1.65 bits per heavy atom. The number of nitrogens with zero attached hydrogens (tertiary/aromatic N) is 2. The van der Waals surface area contributed by atoms with Crippen LogP contribution in [0.5, 0.6) is 0 Å². The van der Waals surface area contributed by atoms with Crippen LogP contribution in [0.15, 0.2) is 48.5 Å². The molecule has 5 nitrogen and oxygen atoms in total. The number of hydrogen-bond donors (Lipinski definition) is 1. The summed E-state index contributed by atoms with van der Waals surface area (Å²) in [7, 11) is 0. The van der Waals surface area contributed by atoms with Crippen molar-refractivity contribution >= 4 is 29.1 Å². The third-order valence-electron chi connectivity index (χ3n) is 4.35. The van der Waals surface area contributed by atoms with Crippen LogP contribution in [-0.4, -0.2) is 42.9 Å². The number of hydrogen-bond acceptors (Lipinski definition) is 3. The molecular weight excluding hydrogens is 357 g/mol. The van der Waals surface area contributed by atoms with E-state index in [1.165, 1.54) is 17.0 Å². The zero-order valence-corrected chi connectivity index (χ0v) is 14.9. The van der Waals surface area contributed by atoms with Gasteiger partial charge in [0.25, 0.3) is 0 Å². The first-order chi connectivity index (χ1) is 12.5. The van der Waals surface area contributed by atoms with E-state index in [0.29, 0.717) is 31.2 Å². The Hall–Kier alpha value is -2.60. The Morgan fingerprint density at radius 1 is 1.00 bits per heavy atom. The number of piperazine rings is 1. The Bertz CT molecular complexity index is 790. The molecule has 0 aliphatic carbocycles. The number of carbonyl (C=O) groups is 2. The third-order valence-corrected chi connectivity index (χ3v) is 4.72. The molecule has 2 aromatic rings. The van der Waals surface area contributed by atoms with Gasteiger partial charge in [0.05, 0.1) is 0 Å². The molecule has 2 amide bonds. The van der Waals surface area contributed by atoms with Gasteiger partial charge in [-0.05, 0) is 35.9 Å². The molecule has 0 aromatic heterocycles. The molecule has 1 N–H and O–H groups in total. The summed E-state index contributed by atoms with van der Waals surface area (Å²) in [6.07, 6.45) is 0. The SMILES string of the molecule is O=C(NCc1ccccc1Cl)C(=O)N1CCN(c2ccc(F)cc2)CC1. The molecule has 1 fully saturated rings. The van der Waals surface area contributed by atoms with Gasteiger partial charge in [-0.3, -0.25) is 9.59 Å². The number of benzene rings is 2. The third kappa shape index (κ3) is 4.32. The maximum Gasteiger partial charge on any atom is 0.312 e. The lowest BCUT2D eigenvalue weighted by Gasteiger charge is -2.35. The van der Waals surface area contributed by atoms with Crippen LogP contribution in [0.1, 0.15) is 5.56 Å². The molecule has 0 atom stereocenters. The van der Waals surface area contributed by atoms with E-state index in [1.807, 2.05) is 6.07 Å². The summed E-state index contributed by atoms with van der Waals surface area (Å²) in [6.45, 7) is 2.27. The van der Waals surface area contributed by atoms with Crippen LogP contribution < -0.4 is 10.2 Å². The van der Waals surface area contributed by atoms with E-state index in [-0.39, 0.29) is 12.4 Å². The van der Waals surface area contributed by atoms with Crippen molar-refractivity contribution < 1.29 is 14.0 Å². The fraction of sp³-hybridized carbons (Fsp3) is 0.263. The lowest BCUT2D eigenvalue weighted by molar-refractivity contribution is -0.146. The van der Waals surface area contributed by atoms with Crippen molar-refractivity contribution in [2.24, 2.45) is 0 Å². The van der Waals surface area contributed by atoms with E-state index in [9.17, 15) is 14.0 Å². The molecule has 3 rings (SSSR count). The van der Waals surface area contributed by atoms with Crippen molar-refractivity contribution in [1.29, 1.82) is 0 Å². The quantitative estimate of drug-likeness (QED) is 0.838. The highest BCUT2D eigenvalue weighted by molar-refractivity contribution is 6.35. The molecule has 1 aliphatic heterocycles. The molecule has 0 unspecified atom stereocenters. The minimum atomic E-state index is -0.639. The van der Waals surface area contributed by atoms with E-state index < -0.39 is 11.8 Å². The molecule has 7 heteroatoms. The normalized spacial score (nSPS) is 14.2. The van der Waals surface area contributed by atoms with Gasteiger partial charge < -0.3 is 15.1 Å². The maximum absolute atomic E-state index is 13.0. The van der Waals surface area contributed by atoms with Crippen LogP contribution >= 0.6 is 11.6 Å². The Labute approximate surface area is 156 Å². The Morgan fingerprint density at radius 3 is 2.31 bits per heavy atom. The molecule has 1 heterocycles. The van der Waals surface area contributed by atoms with E-state index >= 15 is 0 Å². The minimum Gasteiger partial charge on any atom is -0.368 e. The molecule has 2 aromatic carbocycles. The number of amides is 2. The van der Waals surface area contributed by atoms with Gasteiger partial charge in [0.2, 0.25) is 0 Å². The van der Waals surface area contributed by atoms with Crippen LogP contribution in [-0.2, 0) is 16.1 Å². The van der Waals surface area contributed by atoms with Crippen molar-refractivity contribution in [3.8, 4) is 0 Å². The molecular formula is C19H19ClFN3O2. The first-order valence-corrected chi connectivity index (χ1v) is 8.73. The second-order valence-corrected chi connectivity index (χ2v) is 6.44. The lowest BCUT2D eigenvalue weighted by atomic mass is 10.2. The van der Waals surface area contributed by atoms with Crippen molar-refractivity contribution in [2.45, 2.75) is 6.54 Å². The van der Waals surface area contributed by atoms with Crippen LogP contribution in [0, 0.1) is 5.82 Å². The second-order valence-electron chi connectivity index (χ2n) is 6.03. The van der Waals surface area contributed by atoms with Gasteiger partial charge >= 0.3 is 11.8 Å². The standard InChI is InChI=1S/C19H19ClFN3O2/c20-17-4-2-1-3-14(17)13-22-18(25)19(26)24-11-9-23(10-12-24)16-7-5-15(21)6-8-16/h1-8H,9-13H2,(H,22,25). The molecule has 1 saturated heterocycles. The Kier molecular flexibility index (Phi) is 5.73. The van der Waals surface area contributed by atoms with E-state index in [1.54, 1.807) is 30.3 Å². The van der Waals surface area contributed by atoms with Crippen LogP contribution in [0.25, 0.3) is 0 Å². The van der Waals surface area contributed by atoms with Crippen molar-refractivity contribution in [3.05, 3.63) is 64.9 Å². The Balaban J connectivity index is 1.50. The lowest BCUT2D eigenvalue weighted by Crippen LogP contribution is -2.52. The fourth-order valence-electron chi connectivity index (χ4n) is 2.86. The molecule has 136 valence electrons. The molecule has 1 aliphatic rings. The summed E-state index contributed by atoms with van der Waals surface area (Å²) < 4.78 is 13.0. The molecule has 0 bridgehead atoms. The van der Waals surface area contributed by atoms with Gasteiger partial charge in [-0.1, -0.05) is 29.8 Å². The van der Waals surface area contributed by atoms with Gasteiger partial charge in [-0.15, -0.1) is 0 Å². The van der Waals surface area contributed by atoms with Crippen LogP contribution in [0.2, 0.25) is 5.02 Å². The topological polar surface area (TPSA) is 52.7 Å². The van der Waals surface area contributed by atoms with Crippen molar-refractivity contribution in [2.75, 3.05) is 31.1 Å². The fourth-order valence-corrected chi connectivity index (χ4v) is 3.06. The highest BCUT2D eigenvalue weighted by atomic mass is 35.5. The van der Waals surface area contributed by atoms with Crippen LogP contribution in [0.3, 0.4) is 0 Å². The molecule has 0 saturated carbocycles. The monoisotopic (exact) mass is 375 g/mol. The van der Waals surface area contributed by atoms with Crippen LogP contribution in [0.4, 0.5) is 10.1 Å². The zero-order chi connectivity index (χ0) is 18.5.